The standard InChI is InChI=1S/C14H15ClN2S/c1-10-12(8-11-6-4-3-5-7-11)14(15)17-13(16-10)9-18-2/h3-7H,8-9H2,1-2H3. The molecule has 2 nitrogen and oxygen atoms in total. The van der Waals surface area contributed by atoms with Crippen LogP contribution in [0.5, 0.6) is 0 Å². The van der Waals surface area contributed by atoms with Crippen molar-refractivity contribution in [2.45, 2.75) is 19.1 Å². The molecule has 1 aromatic heterocycles. The molecule has 18 heavy (non-hydrogen) atoms. The van der Waals surface area contributed by atoms with E-state index in [1.54, 1.807) is 11.8 Å². The van der Waals surface area contributed by atoms with E-state index in [4.69, 9.17) is 11.6 Å². The van der Waals surface area contributed by atoms with Crippen molar-refractivity contribution in [2.24, 2.45) is 0 Å². The van der Waals surface area contributed by atoms with E-state index in [0.29, 0.717) is 5.15 Å². The molecule has 1 heterocycles. The molecule has 2 rings (SSSR count). The summed E-state index contributed by atoms with van der Waals surface area (Å²) >= 11 is 7.96. The van der Waals surface area contributed by atoms with Crippen LogP contribution in [0, 0.1) is 6.92 Å². The number of hydrogen-bond donors (Lipinski definition) is 0. The first-order chi connectivity index (χ1) is 8.70. The first-order valence-electron chi connectivity index (χ1n) is 5.75. The Morgan fingerprint density at radius 3 is 2.50 bits per heavy atom. The van der Waals surface area contributed by atoms with Gasteiger partial charge in [-0.15, -0.1) is 0 Å². The summed E-state index contributed by atoms with van der Waals surface area (Å²) in [6, 6.07) is 10.2. The lowest BCUT2D eigenvalue weighted by molar-refractivity contribution is 0.950. The van der Waals surface area contributed by atoms with E-state index >= 15 is 0 Å². The zero-order chi connectivity index (χ0) is 13.0. The fraction of sp³-hybridized carbons (Fsp3) is 0.286. The maximum absolute atomic E-state index is 6.26. The van der Waals surface area contributed by atoms with Crippen LogP contribution in [0.3, 0.4) is 0 Å². The first kappa shape index (κ1) is 13.4. The van der Waals surface area contributed by atoms with Crippen LogP contribution in [-0.2, 0) is 12.2 Å². The molecule has 0 radical (unpaired) electrons. The molecule has 2 aromatic rings. The van der Waals surface area contributed by atoms with Crippen LogP contribution in [0.4, 0.5) is 0 Å². The van der Waals surface area contributed by atoms with Crippen LogP contribution < -0.4 is 0 Å². The molecule has 0 saturated heterocycles. The molecule has 0 fully saturated rings. The zero-order valence-corrected chi connectivity index (χ0v) is 12.1. The molecule has 0 atom stereocenters. The highest BCUT2D eigenvalue weighted by atomic mass is 35.5. The Morgan fingerprint density at radius 1 is 1.17 bits per heavy atom. The van der Waals surface area contributed by atoms with E-state index in [2.05, 4.69) is 22.1 Å². The Morgan fingerprint density at radius 2 is 1.89 bits per heavy atom. The van der Waals surface area contributed by atoms with Crippen LogP contribution in [0.1, 0.15) is 22.6 Å². The molecular formula is C14H15ClN2S. The third kappa shape index (κ3) is 3.24. The lowest BCUT2D eigenvalue weighted by Crippen LogP contribution is -2.03. The third-order valence-electron chi connectivity index (χ3n) is 2.71. The van der Waals surface area contributed by atoms with Gasteiger partial charge in [-0.2, -0.15) is 11.8 Å². The minimum Gasteiger partial charge on any atom is -0.237 e. The van der Waals surface area contributed by atoms with Gasteiger partial charge in [-0.1, -0.05) is 41.9 Å². The van der Waals surface area contributed by atoms with Gasteiger partial charge in [-0.3, -0.25) is 0 Å². The van der Waals surface area contributed by atoms with E-state index in [1.807, 2.05) is 31.4 Å². The van der Waals surface area contributed by atoms with Crippen molar-refractivity contribution in [3.8, 4) is 0 Å². The van der Waals surface area contributed by atoms with Crippen LogP contribution in [0.15, 0.2) is 30.3 Å². The summed E-state index contributed by atoms with van der Waals surface area (Å²) < 4.78 is 0. The number of aromatic nitrogens is 2. The highest BCUT2D eigenvalue weighted by Gasteiger charge is 2.10. The molecule has 0 amide bonds. The van der Waals surface area contributed by atoms with E-state index in [0.717, 1.165) is 29.3 Å². The second-order valence-electron chi connectivity index (χ2n) is 4.09. The monoisotopic (exact) mass is 278 g/mol. The average Bonchev–Trinajstić information content (AvgIpc) is 2.36. The largest absolute Gasteiger partial charge is 0.237 e. The number of halogens is 1. The van der Waals surface area contributed by atoms with Crippen molar-refractivity contribution in [3.05, 3.63) is 58.1 Å². The fourth-order valence-electron chi connectivity index (χ4n) is 1.81. The number of thioether (sulfide) groups is 1. The maximum Gasteiger partial charge on any atom is 0.140 e. The van der Waals surface area contributed by atoms with Crippen molar-refractivity contribution < 1.29 is 0 Å². The molecule has 4 heteroatoms. The Labute approximate surface area is 117 Å². The Kier molecular flexibility index (Phi) is 4.61. The van der Waals surface area contributed by atoms with Crippen LogP contribution >= 0.6 is 23.4 Å². The minimum absolute atomic E-state index is 0.579. The molecule has 0 saturated carbocycles. The van der Waals surface area contributed by atoms with Gasteiger partial charge in [0.25, 0.3) is 0 Å². The van der Waals surface area contributed by atoms with Gasteiger partial charge < -0.3 is 0 Å². The molecule has 0 N–H and O–H groups in total. The number of hydrogen-bond acceptors (Lipinski definition) is 3. The van der Waals surface area contributed by atoms with Gasteiger partial charge in [0.1, 0.15) is 11.0 Å². The van der Waals surface area contributed by atoms with Gasteiger partial charge in [0.05, 0.1) is 5.75 Å². The molecular weight excluding hydrogens is 264 g/mol. The van der Waals surface area contributed by atoms with Crippen molar-refractivity contribution in [1.82, 2.24) is 9.97 Å². The average molecular weight is 279 g/mol. The Balaban J connectivity index is 2.28. The van der Waals surface area contributed by atoms with Gasteiger partial charge in [0.2, 0.25) is 0 Å². The molecule has 0 bridgehead atoms. The second-order valence-corrected chi connectivity index (χ2v) is 5.31. The van der Waals surface area contributed by atoms with E-state index in [9.17, 15) is 0 Å². The highest BCUT2D eigenvalue weighted by molar-refractivity contribution is 7.97. The molecule has 0 unspecified atom stereocenters. The van der Waals surface area contributed by atoms with Gasteiger partial charge in [-0.05, 0) is 18.7 Å². The van der Waals surface area contributed by atoms with Gasteiger partial charge in [-0.25, -0.2) is 9.97 Å². The Hall–Kier alpha value is -1.06. The lowest BCUT2D eigenvalue weighted by Gasteiger charge is -2.09. The van der Waals surface area contributed by atoms with Crippen LogP contribution in [0.25, 0.3) is 0 Å². The van der Waals surface area contributed by atoms with E-state index < -0.39 is 0 Å². The molecule has 0 aliphatic rings. The lowest BCUT2D eigenvalue weighted by atomic mass is 10.1. The molecule has 94 valence electrons. The zero-order valence-electron chi connectivity index (χ0n) is 10.5. The second kappa shape index (κ2) is 6.21. The molecule has 0 aliphatic heterocycles. The van der Waals surface area contributed by atoms with Crippen molar-refractivity contribution in [3.63, 3.8) is 0 Å². The van der Waals surface area contributed by atoms with Crippen LogP contribution in [-0.4, -0.2) is 16.2 Å². The predicted octanol–water partition coefficient (Wildman–Crippen LogP) is 3.89. The topological polar surface area (TPSA) is 25.8 Å². The molecule has 0 spiro atoms. The predicted molar refractivity (Wildman–Crippen MR) is 78.2 cm³/mol. The number of aryl methyl sites for hydroxylation is 1. The summed E-state index contributed by atoms with van der Waals surface area (Å²) in [5.74, 6) is 1.61. The molecule has 0 aliphatic carbocycles. The SMILES string of the molecule is CSCc1nc(C)c(Cc2ccccc2)c(Cl)n1. The minimum atomic E-state index is 0.579. The van der Waals surface area contributed by atoms with Crippen LogP contribution in [0.2, 0.25) is 5.15 Å². The fourth-order valence-corrected chi connectivity index (χ4v) is 2.50. The van der Waals surface area contributed by atoms with Crippen molar-refractivity contribution in [2.75, 3.05) is 6.26 Å². The van der Waals surface area contributed by atoms with Crippen molar-refractivity contribution >= 4 is 23.4 Å². The summed E-state index contributed by atoms with van der Waals surface area (Å²) in [4.78, 5) is 8.86. The number of rotatable bonds is 4. The van der Waals surface area contributed by atoms with Gasteiger partial charge >= 0.3 is 0 Å². The van der Waals surface area contributed by atoms with Gasteiger partial charge in [0, 0.05) is 17.7 Å². The summed E-state index contributed by atoms with van der Waals surface area (Å²) in [5, 5.41) is 0.579. The summed E-state index contributed by atoms with van der Waals surface area (Å²) in [7, 11) is 0. The van der Waals surface area contributed by atoms with E-state index in [1.165, 1.54) is 5.56 Å². The van der Waals surface area contributed by atoms with Crippen molar-refractivity contribution in [1.29, 1.82) is 0 Å². The maximum atomic E-state index is 6.26. The summed E-state index contributed by atoms with van der Waals surface area (Å²) in [6.07, 6.45) is 2.82. The van der Waals surface area contributed by atoms with E-state index in [-0.39, 0.29) is 0 Å². The number of nitrogens with zero attached hydrogens (tertiary/aromatic N) is 2. The smallest absolute Gasteiger partial charge is 0.140 e. The Bertz CT molecular complexity index is 506. The summed E-state index contributed by atoms with van der Waals surface area (Å²) in [6.45, 7) is 2.00. The molecule has 1 aromatic carbocycles. The highest BCUT2D eigenvalue weighted by Crippen LogP contribution is 2.21. The normalized spacial score (nSPS) is 10.6. The third-order valence-corrected chi connectivity index (χ3v) is 3.57. The number of benzene rings is 1. The first-order valence-corrected chi connectivity index (χ1v) is 7.52. The van der Waals surface area contributed by atoms with Gasteiger partial charge in [0.15, 0.2) is 0 Å². The quantitative estimate of drug-likeness (QED) is 0.794. The summed E-state index contributed by atoms with van der Waals surface area (Å²) in [5.41, 5.74) is 3.22.